The van der Waals surface area contributed by atoms with Gasteiger partial charge in [0.15, 0.2) is 0 Å². The largest absolute Gasteiger partial charge is 0.421 e. The van der Waals surface area contributed by atoms with Gasteiger partial charge < -0.3 is 4.42 Å². The summed E-state index contributed by atoms with van der Waals surface area (Å²) in [4.78, 5) is 0. The van der Waals surface area contributed by atoms with Crippen molar-refractivity contribution in [3.8, 4) is 11.5 Å². The van der Waals surface area contributed by atoms with E-state index in [0.717, 1.165) is 12.0 Å². The van der Waals surface area contributed by atoms with Crippen molar-refractivity contribution in [2.24, 2.45) is 0 Å². The summed E-state index contributed by atoms with van der Waals surface area (Å²) in [7, 11) is 0. The maximum absolute atomic E-state index is 5.38. The van der Waals surface area contributed by atoms with Gasteiger partial charge in [-0.3, -0.25) is 0 Å². The van der Waals surface area contributed by atoms with Crippen LogP contribution >= 0.6 is 0 Å². The van der Waals surface area contributed by atoms with Gasteiger partial charge in [0.2, 0.25) is 11.8 Å². The van der Waals surface area contributed by atoms with E-state index in [1.54, 1.807) is 0 Å². The van der Waals surface area contributed by atoms with Gasteiger partial charge >= 0.3 is 0 Å². The van der Waals surface area contributed by atoms with Gasteiger partial charge in [0.1, 0.15) is 0 Å². The van der Waals surface area contributed by atoms with Gasteiger partial charge in [-0.15, -0.1) is 10.2 Å². The number of rotatable bonds is 2. The third kappa shape index (κ3) is 1.59. The zero-order valence-electron chi connectivity index (χ0n) is 7.32. The van der Waals surface area contributed by atoms with Crippen molar-refractivity contribution in [3.05, 3.63) is 36.2 Å². The van der Waals surface area contributed by atoms with Gasteiger partial charge in [-0.25, -0.2) is 0 Å². The summed E-state index contributed by atoms with van der Waals surface area (Å²) in [6.07, 6.45) is 0.770. The fraction of sp³-hybridized carbons (Fsp3) is 0.200. The van der Waals surface area contributed by atoms with Crippen molar-refractivity contribution >= 4 is 0 Å². The van der Waals surface area contributed by atoms with Gasteiger partial charge in [-0.2, -0.15) is 0 Å². The van der Waals surface area contributed by atoms with E-state index in [4.69, 9.17) is 4.42 Å². The van der Waals surface area contributed by atoms with Gasteiger partial charge in [-0.05, 0) is 18.2 Å². The monoisotopic (exact) mass is 173 g/mol. The van der Waals surface area contributed by atoms with Crippen LogP contribution in [-0.4, -0.2) is 10.2 Å². The Hall–Kier alpha value is -1.64. The van der Waals surface area contributed by atoms with E-state index in [2.05, 4.69) is 16.3 Å². The van der Waals surface area contributed by atoms with E-state index >= 15 is 0 Å². The van der Waals surface area contributed by atoms with Crippen molar-refractivity contribution in [3.63, 3.8) is 0 Å². The quantitative estimate of drug-likeness (QED) is 0.698. The molecule has 0 aliphatic rings. The number of benzene rings is 1. The number of aryl methyl sites for hydroxylation is 1. The SMILES string of the molecule is CCc1nnc(-c2cc[c]cc2)o1. The zero-order valence-corrected chi connectivity index (χ0v) is 7.32. The topological polar surface area (TPSA) is 38.9 Å². The van der Waals surface area contributed by atoms with Crippen LogP contribution in [0.1, 0.15) is 12.8 Å². The molecule has 0 atom stereocenters. The summed E-state index contributed by atoms with van der Waals surface area (Å²) in [6.45, 7) is 1.98. The maximum atomic E-state index is 5.38. The van der Waals surface area contributed by atoms with Gasteiger partial charge in [0, 0.05) is 12.0 Å². The zero-order chi connectivity index (χ0) is 9.10. The lowest BCUT2D eigenvalue weighted by atomic mass is 10.2. The molecule has 0 aliphatic carbocycles. The highest BCUT2D eigenvalue weighted by Gasteiger charge is 2.05. The minimum atomic E-state index is 0.575. The average Bonchev–Trinajstić information content (AvgIpc) is 2.67. The molecule has 65 valence electrons. The lowest BCUT2D eigenvalue weighted by Crippen LogP contribution is -1.76. The predicted octanol–water partition coefficient (Wildman–Crippen LogP) is 2.10. The molecule has 2 rings (SSSR count). The van der Waals surface area contributed by atoms with Crippen LogP contribution in [0.4, 0.5) is 0 Å². The lowest BCUT2D eigenvalue weighted by molar-refractivity contribution is 0.513. The Labute approximate surface area is 76.4 Å². The standard InChI is InChI=1S/C10H9N2O/c1-2-9-11-12-10(13-9)8-6-4-3-5-7-8/h4-7H,2H2,1H3. The van der Waals surface area contributed by atoms with Crippen LogP contribution in [0.2, 0.25) is 0 Å². The van der Waals surface area contributed by atoms with Crippen LogP contribution in [0.25, 0.3) is 11.5 Å². The number of aromatic nitrogens is 2. The summed E-state index contributed by atoms with van der Waals surface area (Å²) in [5, 5.41) is 7.81. The third-order valence-electron chi connectivity index (χ3n) is 1.73. The van der Waals surface area contributed by atoms with Crippen LogP contribution in [0, 0.1) is 6.07 Å². The van der Waals surface area contributed by atoms with E-state index in [9.17, 15) is 0 Å². The van der Waals surface area contributed by atoms with Crippen molar-refractivity contribution < 1.29 is 4.42 Å². The summed E-state index contributed by atoms with van der Waals surface area (Å²) in [5.74, 6) is 1.24. The average molecular weight is 173 g/mol. The first kappa shape index (κ1) is 7.98. The van der Waals surface area contributed by atoms with Crippen LogP contribution < -0.4 is 0 Å². The predicted molar refractivity (Wildman–Crippen MR) is 47.9 cm³/mol. The fourth-order valence-corrected chi connectivity index (χ4v) is 1.04. The molecule has 1 heterocycles. The normalized spacial score (nSPS) is 10.2. The first-order valence-corrected chi connectivity index (χ1v) is 4.19. The Morgan fingerprint density at radius 2 is 2.08 bits per heavy atom. The molecular formula is C10H9N2O. The second-order valence-electron chi connectivity index (χ2n) is 2.64. The van der Waals surface area contributed by atoms with Crippen molar-refractivity contribution in [2.75, 3.05) is 0 Å². The molecule has 0 fully saturated rings. The molecule has 0 spiro atoms. The van der Waals surface area contributed by atoms with Crippen molar-refractivity contribution in [1.29, 1.82) is 0 Å². The Kier molecular flexibility index (Phi) is 2.08. The molecule has 0 N–H and O–H groups in total. The maximum Gasteiger partial charge on any atom is 0.247 e. The molecule has 0 bridgehead atoms. The Balaban J connectivity index is 2.36. The van der Waals surface area contributed by atoms with Gasteiger partial charge in [0.05, 0.1) is 0 Å². The minimum Gasteiger partial charge on any atom is -0.421 e. The number of hydrogen-bond donors (Lipinski definition) is 0. The molecule has 0 aliphatic heterocycles. The highest BCUT2D eigenvalue weighted by Crippen LogP contribution is 2.16. The third-order valence-corrected chi connectivity index (χ3v) is 1.73. The second kappa shape index (κ2) is 3.39. The molecule has 1 aromatic heterocycles. The van der Waals surface area contributed by atoms with E-state index in [0.29, 0.717) is 11.8 Å². The smallest absolute Gasteiger partial charge is 0.247 e. The first-order valence-electron chi connectivity index (χ1n) is 4.19. The number of hydrogen-bond acceptors (Lipinski definition) is 3. The molecule has 0 saturated heterocycles. The van der Waals surface area contributed by atoms with Crippen molar-refractivity contribution in [2.45, 2.75) is 13.3 Å². The lowest BCUT2D eigenvalue weighted by Gasteiger charge is -1.90. The highest BCUT2D eigenvalue weighted by atomic mass is 16.4. The summed E-state index contributed by atoms with van der Waals surface area (Å²) in [6, 6.07) is 10.4. The fourth-order valence-electron chi connectivity index (χ4n) is 1.04. The highest BCUT2D eigenvalue weighted by molar-refractivity contribution is 5.51. The summed E-state index contributed by atoms with van der Waals surface area (Å²) >= 11 is 0. The van der Waals surface area contributed by atoms with Crippen LogP contribution in [0.5, 0.6) is 0 Å². The molecule has 3 nitrogen and oxygen atoms in total. The van der Waals surface area contributed by atoms with E-state index in [1.165, 1.54) is 0 Å². The van der Waals surface area contributed by atoms with E-state index in [1.807, 2.05) is 31.2 Å². The second-order valence-corrected chi connectivity index (χ2v) is 2.64. The van der Waals surface area contributed by atoms with Crippen LogP contribution in [0.3, 0.4) is 0 Å². The van der Waals surface area contributed by atoms with E-state index in [-0.39, 0.29) is 0 Å². The molecule has 1 radical (unpaired) electrons. The molecule has 0 amide bonds. The molecule has 13 heavy (non-hydrogen) atoms. The molecule has 1 aromatic carbocycles. The number of nitrogens with zero attached hydrogens (tertiary/aromatic N) is 2. The van der Waals surface area contributed by atoms with Gasteiger partial charge in [-0.1, -0.05) is 19.1 Å². The Morgan fingerprint density at radius 3 is 2.69 bits per heavy atom. The van der Waals surface area contributed by atoms with Gasteiger partial charge in [0.25, 0.3) is 0 Å². The molecule has 0 saturated carbocycles. The molecular weight excluding hydrogens is 164 g/mol. The van der Waals surface area contributed by atoms with Crippen LogP contribution in [-0.2, 0) is 6.42 Å². The molecule has 2 aromatic rings. The molecule has 0 unspecified atom stereocenters. The minimum absolute atomic E-state index is 0.575. The van der Waals surface area contributed by atoms with E-state index < -0.39 is 0 Å². The van der Waals surface area contributed by atoms with Crippen molar-refractivity contribution in [1.82, 2.24) is 10.2 Å². The Bertz CT molecular complexity index is 381. The first-order chi connectivity index (χ1) is 6.40. The van der Waals surface area contributed by atoms with Crippen LogP contribution in [0.15, 0.2) is 28.7 Å². The Morgan fingerprint density at radius 1 is 1.31 bits per heavy atom. The summed E-state index contributed by atoms with van der Waals surface area (Å²) < 4.78 is 5.38. The molecule has 3 heteroatoms. The summed E-state index contributed by atoms with van der Waals surface area (Å²) in [5.41, 5.74) is 0.936.